The first kappa shape index (κ1) is 21.5. The zero-order valence-electron chi connectivity index (χ0n) is 19.2. The highest BCUT2D eigenvalue weighted by molar-refractivity contribution is 5.95. The number of aryl methyl sites for hydroxylation is 1. The molecule has 166 valence electrons. The normalized spacial score (nSPS) is 36.7. The van der Waals surface area contributed by atoms with E-state index in [0.717, 1.165) is 31.2 Å². The maximum absolute atomic E-state index is 12.5. The Morgan fingerprint density at radius 3 is 2.57 bits per heavy atom. The van der Waals surface area contributed by atoms with E-state index in [4.69, 9.17) is 9.47 Å². The summed E-state index contributed by atoms with van der Waals surface area (Å²) in [5, 5.41) is 21.8. The van der Waals surface area contributed by atoms with Gasteiger partial charge >= 0.3 is 5.97 Å². The van der Waals surface area contributed by atoms with Crippen molar-refractivity contribution >= 4 is 5.97 Å². The molecule has 0 spiro atoms. The molecule has 2 fully saturated rings. The molecule has 0 amide bonds. The molecule has 0 unspecified atom stereocenters. The van der Waals surface area contributed by atoms with Crippen LogP contribution in [0.15, 0.2) is 6.07 Å². The summed E-state index contributed by atoms with van der Waals surface area (Å²) >= 11 is 0. The van der Waals surface area contributed by atoms with E-state index >= 15 is 0 Å². The van der Waals surface area contributed by atoms with Gasteiger partial charge in [-0.15, -0.1) is 0 Å². The molecular weight excluding hydrogens is 380 g/mol. The Labute approximate surface area is 179 Å². The van der Waals surface area contributed by atoms with Gasteiger partial charge < -0.3 is 19.7 Å². The minimum Gasteiger partial charge on any atom is -0.507 e. The number of aliphatic hydroxyl groups is 1. The molecule has 0 bridgehead atoms. The summed E-state index contributed by atoms with van der Waals surface area (Å²) < 4.78 is 11.8. The zero-order valence-corrected chi connectivity index (χ0v) is 19.2. The van der Waals surface area contributed by atoms with Crippen LogP contribution < -0.4 is 4.74 Å². The molecule has 0 radical (unpaired) electrons. The molecule has 1 aromatic rings. The molecule has 30 heavy (non-hydrogen) atoms. The number of carbonyl (C=O) groups excluding carboxylic acids is 1. The standard InChI is InChI=1S/C25H36O5/c1-7-29-22(28)20-14(2)12-16-15(21(20)27)13-18-24(5)10-9-19(26)23(3,4)17(24)8-11-25(18,6)30-16/h12,17-19,26-27H,7-11,13H2,1-6H3/t17-,18+,19-,24-,25+/m0/s1. The van der Waals surface area contributed by atoms with Crippen LogP contribution in [0.5, 0.6) is 11.5 Å². The molecule has 3 aliphatic rings. The van der Waals surface area contributed by atoms with E-state index < -0.39 is 5.97 Å². The summed E-state index contributed by atoms with van der Waals surface area (Å²) in [7, 11) is 0. The highest BCUT2D eigenvalue weighted by Gasteiger charge is 2.62. The van der Waals surface area contributed by atoms with Gasteiger partial charge in [0.15, 0.2) is 0 Å². The van der Waals surface area contributed by atoms with Crippen molar-refractivity contribution in [1.82, 2.24) is 0 Å². The van der Waals surface area contributed by atoms with Crippen LogP contribution in [0.1, 0.15) is 81.8 Å². The van der Waals surface area contributed by atoms with E-state index in [-0.39, 0.29) is 46.4 Å². The Kier molecular flexibility index (Phi) is 4.92. The number of phenols is 1. The summed E-state index contributed by atoms with van der Waals surface area (Å²) in [5.41, 5.74) is 1.17. The van der Waals surface area contributed by atoms with Gasteiger partial charge in [0.25, 0.3) is 0 Å². The second kappa shape index (κ2) is 6.88. The largest absolute Gasteiger partial charge is 0.507 e. The molecule has 1 heterocycles. The fourth-order valence-electron chi connectivity index (χ4n) is 7.08. The summed E-state index contributed by atoms with van der Waals surface area (Å²) in [5.74, 6) is 0.791. The lowest BCUT2D eigenvalue weighted by Crippen LogP contribution is -2.63. The minimum atomic E-state index is -0.488. The SMILES string of the molecule is CCOC(=O)c1c(C)cc2c(c1O)C[C@@H]1[C@@]3(C)CC[C@H](O)C(C)(C)[C@@H]3CC[C@@]1(C)O2. The molecule has 1 aromatic carbocycles. The van der Waals surface area contributed by atoms with Crippen molar-refractivity contribution in [1.29, 1.82) is 0 Å². The number of hydrogen-bond donors (Lipinski definition) is 2. The van der Waals surface area contributed by atoms with Gasteiger partial charge in [-0.3, -0.25) is 0 Å². The van der Waals surface area contributed by atoms with E-state index in [1.54, 1.807) is 6.92 Å². The van der Waals surface area contributed by atoms with E-state index in [9.17, 15) is 15.0 Å². The quantitative estimate of drug-likeness (QED) is 0.678. The molecule has 0 saturated heterocycles. The lowest BCUT2D eigenvalue weighted by atomic mass is 9.44. The molecule has 0 aromatic heterocycles. The molecule has 5 atom stereocenters. The third-order valence-corrected chi connectivity index (χ3v) is 8.76. The van der Waals surface area contributed by atoms with Crippen molar-refractivity contribution < 1.29 is 24.5 Å². The van der Waals surface area contributed by atoms with Crippen molar-refractivity contribution in [3.8, 4) is 11.5 Å². The topological polar surface area (TPSA) is 76.0 Å². The van der Waals surface area contributed by atoms with E-state index in [0.29, 0.717) is 23.7 Å². The van der Waals surface area contributed by atoms with Crippen molar-refractivity contribution in [3.05, 3.63) is 22.8 Å². The number of hydrogen-bond acceptors (Lipinski definition) is 5. The number of esters is 1. The fraction of sp³-hybridized carbons (Fsp3) is 0.720. The zero-order chi connectivity index (χ0) is 22.1. The Morgan fingerprint density at radius 1 is 1.20 bits per heavy atom. The van der Waals surface area contributed by atoms with Gasteiger partial charge in [0.2, 0.25) is 0 Å². The number of benzene rings is 1. The van der Waals surface area contributed by atoms with Crippen LogP contribution in [0.3, 0.4) is 0 Å². The molecule has 2 saturated carbocycles. The first-order valence-electron chi connectivity index (χ1n) is 11.4. The minimum absolute atomic E-state index is 0.00512. The summed E-state index contributed by atoms with van der Waals surface area (Å²) in [6, 6.07) is 1.88. The van der Waals surface area contributed by atoms with E-state index in [1.807, 2.05) is 13.0 Å². The molecule has 5 heteroatoms. The Bertz CT molecular complexity index is 875. The van der Waals surface area contributed by atoms with Crippen LogP contribution in [0.25, 0.3) is 0 Å². The van der Waals surface area contributed by atoms with Crippen LogP contribution in [0, 0.1) is 29.6 Å². The number of phenolic OH excluding ortho intramolecular Hbond substituents is 1. The number of rotatable bonds is 2. The van der Waals surface area contributed by atoms with Crippen LogP contribution in [-0.4, -0.2) is 34.5 Å². The summed E-state index contributed by atoms with van der Waals surface area (Å²) in [6.07, 6.45) is 4.06. The fourth-order valence-corrected chi connectivity index (χ4v) is 7.08. The highest BCUT2D eigenvalue weighted by Crippen LogP contribution is 2.65. The van der Waals surface area contributed by atoms with Crippen molar-refractivity contribution in [2.24, 2.45) is 22.7 Å². The van der Waals surface area contributed by atoms with E-state index in [1.165, 1.54) is 0 Å². The third-order valence-electron chi connectivity index (χ3n) is 8.76. The van der Waals surface area contributed by atoms with Gasteiger partial charge in [0, 0.05) is 11.5 Å². The van der Waals surface area contributed by atoms with Crippen molar-refractivity contribution in [2.45, 2.75) is 85.4 Å². The van der Waals surface area contributed by atoms with Gasteiger partial charge in [0.1, 0.15) is 22.7 Å². The first-order valence-corrected chi connectivity index (χ1v) is 11.4. The number of aromatic hydroxyl groups is 1. The van der Waals surface area contributed by atoms with Crippen LogP contribution >= 0.6 is 0 Å². The summed E-state index contributed by atoms with van der Waals surface area (Å²) in [6.45, 7) is 12.8. The van der Waals surface area contributed by atoms with Gasteiger partial charge in [-0.2, -0.15) is 0 Å². The van der Waals surface area contributed by atoms with Gasteiger partial charge in [-0.1, -0.05) is 20.8 Å². The lowest BCUT2D eigenvalue weighted by molar-refractivity contribution is -0.191. The maximum atomic E-state index is 12.5. The van der Waals surface area contributed by atoms with Gasteiger partial charge in [-0.25, -0.2) is 4.79 Å². The third kappa shape index (κ3) is 2.88. The molecule has 2 aliphatic carbocycles. The highest BCUT2D eigenvalue weighted by atomic mass is 16.5. The first-order chi connectivity index (χ1) is 14.0. The molecular formula is C25H36O5. The Morgan fingerprint density at radius 2 is 1.90 bits per heavy atom. The Hall–Kier alpha value is -1.75. The monoisotopic (exact) mass is 416 g/mol. The van der Waals surface area contributed by atoms with Crippen LogP contribution in [0.2, 0.25) is 0 Å². The average Bonchev–Trinajstić information content (AvgIpc) is 2.64. The molecule has 1 aliphatic heterocycles. The predicted molar refractivity (Wildman–Crippen MR) is 115 cm³/mol. The maximum Gasteiger partial charge on any atom is 0.342 e. The van der Waals surface area contributed by atoms with Crippen LogP contribution in [0.4, 0.5) is 0 Å². The van der Waals surface area contributed by atoms with E-state index in [2.05, 4.69) is 27.7 Å². The number of fused-ring (bicyclic) bond motifs is 4. The van der Waals surface area contributed by atoms with Gasteiger partial charge in [0.05, 0.1) is 12.7 Å². The summed E-state index contributed by atoms with van der Waals surface area (Å²) in [4.78, 5) is 12.5. The molecule has 2 N–H and O–H groups in total. The smallest absolute Gasteiger partial charge is 0.342 e. The second-order valence-corrected chi connectivity index (χ2v) is 10.8. The van der Waals surface area contributed by atoms with Gasteiger partial charge in [-0.05, 0) is 81.3 Å². The lowest BCUT2D eigenvalue weighted by Gasteiger charge is -2.64. The van der Waals surface area contributed by atoms with Crippen molar-refractivity contribution in [2.75, 3.05) is 6.61 Å². The Balaban J connectivity index is 1.79. The molecule has 5 nitrogen and oxygen atoms in total. The average molecular weight is 417 g/mol. The van der Waals surface area contributed by atoms with Crippen molar-refractivity contribution in [3.63, 3.8) is 0 Å². The number of aliphatic hydroxyl groups excluding tert-OH is 1. The predicted octanol–water partition coefficient (Wildman–Crippen LogP) is 4.78. The number of carbonyl (C=O) groups is 1. The molecule has 4 rings (SSSR count). The van der Waals surface area contributed by atoms with Crippen LogP contribution in [-0.2, 0) is 11.2 Å². The number of ether oxygens (including phenoxy) is 2. The second-order valence-electron chi connectivity index (χ2n) is 10.8.